The Morgan fingerprint density at radius 3 is 2.54 bits per heavy atom. The first kappa shape index (κ1) is 20.5. The van der Waals surface area contributed by atoms with E-state index >= 15 is 0 Å². The number of unbranched alkanes of at least 4 members (excludes halogenated alkanes) is 2. The molecule has 0 spiro atoms. The molecule has 1 unspecified atom stereocenters. The van der Waals surface area contributed by atoms with E-state index in [0.29, 0.717) is 24.7 Å². The zero-order chi connectivity index (χ0) is 17.8. The predicted octanol–water partition coefficient (Wildman–Crippen LogP) is 3.80. The minimum atomic E-state index is -1.18. The maximum absolute atomic E-state index is 12.3. The molecule has 5 nitrogen and oxygen atoms in total. The summed E-state index contributed by atoms with van der Waals surface area (Å²) in [6, 6.07) is 7.07. The highest BCUT2D eigenvalue weighted by atomic mass is 35.5. The number of alkyl halides is 1. The molecule has 134 valence electrons. The number of benzene rings is 1. The Morgan fingerprint density at radius 2 is 1.88 bits per heavy atom. The van der Waals surface area contributed by atoms with E-state index in [1.807, 2.05) is 13.0 Å². The van der Waals surface area contributed by atoms with Crippen LogP contribution in [0.25, 0.3) is 0 Å². The molecular weight excluding hydrogens is 330 g/mol. The number of rotatable bonds is 12. The molecule has 1 N–H and O–H groups in total. The number of amides is 1. The van der Waals surface area contributed by atoms with E-state index in [2.05, 4.69) is 12.2 Å². The van der Waals surface area contributed by atoms with Gasteiger partial charge in [0.15, 0.2) is 11.9 Å². The summed E-state index contributed by atoms with van der Waals surface area (Å²) >= 11 is 5.57. The highest BCUT2D eigenvalue weighted by molar-refractivity contribution is 6.30. The van der Waals surface area contributed by atoms with Crippen molar-refractivity contribution in [3.63, 3.8) is 0 Å². The van der Waals surface area contributed by atoms with Gasteiger partial charge in [0.2, 0.25) is 0 Å². The van der Waals surface area contributed by atoms with Gasteiger partial charge in [0.1, 0.15) is 5.75 Å². The van der Waals surface area contributed by atoms with E-state index in [9.17, 15) is 9.59 Å². The Labute approximate surface area is 148 Å². The van der Waals surface area contributed by atoms with Gasteiger partial charge in [-0.05, 0) is 25.0 Å². The molecule has 0 aliphatic carbocycles. The molecule has 0 aromatic heterocycles. The lowest BCUT2D eigenvalue weighted by Crippen LogP contribution is -2.38. The number of carbonyl (C=O) groups excluding carboxylic acids is 2. The Morgan fingerprint density at radius 1 is 1.17 bits per heavy atom. The molecule has 0 aliphatic heterocycles. The molecule has 1 amide bonds. The van der Waals surface area contributed by atoms with Crippen LogP contribution < -0.4 is 10.1 Å². The molecule has 0 radical (unpaired) electrons. The van der Waals surface area contributed by atoms with E-state index in [-0.39, 0.29) is 5.88 Å². The van der Waals surface area contributed by atoms with E-state index in [1.165, 1.54) is 0 Å². The Hall–Kier alpha value is -1.59. The lowest BCUT2D eigenvalue weighted by atomic mass is 10.2. The average molecular weight is 356 g/mol. The Kier molecular flexibility index (Phi) is 10.1. The quantitative estimate of drug-likeness (QED) is 0.352. The molecule has 1 aromatic rings. The molecule has 0 aliphatic rings. The number of hydrogen-bond donors (Lipinski definition) is 1. The van der Waals surface area contributed by atoms with Crippen molar-refractivity contribution in [2.24, 2.45) is 0 Å². The van der Waals surface area contributed by atoms with Gasteiger partial charge in [-0.25, -0.2) is 0 Å². The van der Waals surface area contributed by atoms with Crippen LogP contribution in [0, 0.1) is 0 Å². The second kappa shape index (κ2) is 11.9. The summed E-state index contributed by atoms with van der Waals surface area (Å²) in [5.74, 6) is -0.541. The highest BCUT2D eigenvalue weighted by Gasteiger charge is 2.26. The summed E-state index contributed by atoms with van der Waals surface area (Å²) < 4.78 is 11.0. The number of hydrogen-bond acceptors (Lipinski definition) is 4. The molecular formula is C18H26ClNO4. The molecule has 0 saturated heterocycles. The van der Waals surface area contributed by atoms with Crippen molar-refractivity contribution in [1.29, 1.82) is 0 Å². The van der Waals surface area contributed by atoms with Crippen LogP contribution in [0.15, 0.2) is 24.3 Å². The largest absolute Gasteiger partial charge is 0.494 e. The molecule has 1 aromatic carbocycles. The SMILES string of the molecule is CCCCOc1cccc(NC(=O)C(OCCCC)C(=O)CCl)c1. The maximum Gasteiger partial charge on any atom is 0.261 e. The van der Waals surface area contributed by atoms with Gasteiger partial charge in [-0.1, -0.05) is 32.8 Å². The molecule has 24 heavy (non-hydrogen) atoms. The summed E-state index contributed by atoms with van der Waals surface area (Å²) in [6.07, 6.45) is 2.53. The van der Waals surface area contributed by atoms with Gasteiger partial charge in [-0.3, -0.25) is 9.59 Å². The van der Waals surface area contributed by atoms with Crippen molar-refractivity contribution >= 4 is 29.0 Å². The number of ketones is 1. The van der Waals surface area contributed by atoms with E-state index < -0.39 is 17.8 Å². The summed E-state index contributed by atoms with van der Waals surface area (Å²) in [5, 5.41) is 2.69. The number of anilines is 1. The van der Waals surface area contributed by atoms with Gasteiger partial charge in [-0.2, -0.15) is 0 Å². The van der Waals surface area contributed by atoms with Gasteiger partial charge in [-0.15, -0.1) is 11.6 Å². The third kappa shape index (κ3) is 7.32. The number of nitrogens with one attached hydrogen (secondary N) is 1. The first-order valence-electron chi connectivity index (χ1n) is 8.36. The van der Waals surface area contributed by atoms with Crippen molar-refractivity contribution in [3.05, 3.63) is 24.3 Å². The van der Waals surface area contributed by atoms with Gasteiger partial charge in [0.05, 0.1) is 12.5 Å². The zero-order valence-corrected chi connectivity index (χ0v) is 15.1. The summed E-state index contributed by atoms with van der Waals surface area (Å²) in [5.41, 5.74) is 0.556. The fourth-order valence-corrected chi connectivity index (χ4v) is 2.08. The lowest BCUT2D eigenvalue weighted by Gasteiger charge is -2.16. The van der Waals surface area contributed by atoms with Crippen LogP contribution in [-0.4, -0.2) is 36.9 Å². The van der Waals surface area contributed by atoms with Crippen LogP contribution in [0.1, 0.15) is 39.5 Å². The van der Waals surface area contributed by atoms with Gasteiger partial charge < -0.3 is 14.8 Å². The Balaban J connectivity index is 2.68. The predicted molar refractivity (Wildman–Crippen MR) is 95.8 cm³/mol. The molecule has 0 heterocycles. The topological polar surface area (TPSA) is 64.6 Å². The Bertz CT molecular complexity index is 521. The lowest BCUT2D eigenvalue weighted by molar-refractivity contribution is -0.139. The molecule has 0 saturated carbocycles. The molecule has 6 heteroatoms. The van der Waals surface area contributed by atoms with E-state index in [4.69, 9.17) is 21.1 Å². The van der Waals surface area contributed by atoms with Crippen molar-refractivity contribution in [1.82, 2.24) is 0 Å². The minimum absolute atomic E-state index is 0.260. The van der Waals surface area contributed by atoms with Crippen molar-refractivity contribution in [2.75, 3.05) is 24.4 Å². The van der Waals surface area contributed by atoms with Crippen LogP contribution in [0.3, 0.4) is 0 Å². The second-order valence-corrected chi connectivity index (χ2v) is 5.69. The first-order chi connectivity index (χ1) is 11.6. The number of carbonyl (C=O) groups is 2. The fraction of sp³-hybridized carbons (Fsp3) is 0.556. The van der Waals surface area contributed by atoms with Crippen LogP contribution in [-0.2, 0) is 14.3 Å². The third-order valence-electron chi connectivity index (χ3n) is 3.31. The van der Waals surface area contributed by atoms with Gasteiger partial charge >= 0.3 is 0 Å². The second-order valence-electron chi connectivity index (χ2n) is 5.42. The van der Waals surface area contributed by atoms with E-state index in [0.717, 1.165) is 25.7 Å². The van der Waals surface area contributed by atoms with Crippen LogP contribution in [0.2, 0.25) is 0 Å². The summed E-state index contributed by atoms with van der Waals surface area (Å²) in [4.78, 5) is 24.2. The minimum Gasteiger partial charge on any atom is -0.494 e. The van der Waals surface area contributed by atoms with E-state index in [1.54, 1.807) is 18.2 Å². The van der Waals surface area contributed by atoms with Gasteiger partial charge in [0.25, 0.3) is 5.91 Å². The monoisotopic (exact) mass is 355 g/mol. The maximum atomic E-state index is 12.3. The molecule has 0 bridgehead atoms. The molecule has 1 atom stereocenters. The fourth-order valence-electron chi connectivity index (χ4n) is 1.94. The standard InChI is InChI=1S/C18H26ClNO4/c1-3-5-10-23-15-9-7-8-14(12-15)20-18(22)17(16(21)13-19)24-11-6-4-2/h7-9,12,17H,3-6,10-11,13H2,1-2H3,(H,20,22). The van der Waals surface area contributed by atoms with Crippen molar-refractivity contribution in [3.8, 4) is 5.75 Å². The van der Waals surface area contributed by atoms with Crippen molar-refractivity contribution in [2.45, 2.75) is 45.6 Å². The highest BCUT2D eigenvalue weighted by Crippen LogP contribution is 2.18. The zero-order valence-electron chi connectivity index (χ0n) is 14.3. The first-order valence-corrected chi connectivity index (χ1v) is 8.89. The van der Waals surface area contributed by atoms with Crippen LogP contribution >= 0.6 is 11.6 Å². The number of halogens is 1. The average Bonchev–Trinajstić information content (AvgIpc) is 2.58. The number of Topliss-reactive ketones (excluding diaryl/α,β-unsaturated/α-hetero) is 1. The summed E-state index contributed by atoms with van der Waals surface area (Å²) in [6.45, 7) is 5.07. The van der Waals surface area contributed by atoms with Crippen LogP contribution in [0.4, 0.5) is 5.69 Å². The third-order valence-corrected chi connectivity index (χ3v) is 3.58. The smallest absolute Gasteiger partial charge is 0.261 e. The molecule has 0 fully saturated rings. The summed E-state index contributed by atoms with van der Waals surface area (Å²) in [7, 11) is 0. The molecule has 1 rings (SSSR count). The van der Waals surface area contributed by atoms with Crippen molar-refractivity contribution < 1.29 is 19.1 Å². The normalized spacial score (nSPS) is 11.8. The van der Waals surface area contributed by atoms with Crippen LogP contribution in [0.5, 0.6) is 5.75 Å². The van der Waals surface area contributed by atoms with Gasteiger partial charge in [0, 0.05) is 18.4 Å². The number of ether oxygens (including phenoxy) is 2.